The Morgan fingerprint density at radius 2 is 1.94 bits per heavy atom. The summed E-state index contributed by atoms with van der Waals surface area (Å²) in [5.41, 5.74) is -0.225. The van der Waals surface area contributed by atoms with Crippen LogP contribution in [0.15, 0.2) is 36.7 Å². The summed E-state index contributed by atoms with van der Waals surface area (Å²) in [5, 5.41) is 0. The van der Waals surface area contributed by atoms with Crippen LogP contribution in [-0.2, 0) is 11.0 Å². The first-order valence-corrected chi connectivity index (χ1v) is 11.3. The molecule has 2 aliphatic heterocycles. The number of piperazine rings is 1. The van der Waals surface area contributed by atoms with Gasteiger partial charge < -0.3 is 9.64 Å². The van der Waals surface area contributed by atoms with Crippen molar-refractivity contribution in [3.8, 4) is 5.88 Å². The number of hydrogen-bond acceptors (Lipinski definition) is 5. The maximum atomic E-state index is 13.5. The predicted octanol–water partition coefficient (Wildman–Crippen LogP) is 3.89. The minimum absolute atomic E-state index is 0.0447. The third-order valence-corrected chi connectivity index (χ3v) is 6.53. The summed E-state index contributed by atoms with van der Waals surface area (Å²) < 4.78 is 58.2. The molecule has 3 fully saturated rings. The molecule has 1 aliphatic carbocycles. The van der Waals surface area contributed by atoms with E-state index in [1.807, 2.05) is 0 Å². The molecule has 34 heavy (non-hydrogen) atoms. The Labute approximate surface area is 194 Å². The van der Waals surface area contributed by atoms with Crippen LogP contribution >= 0.6 is 0 Å². The molecule has 0 spiro atoms. The second-order valence-electron chi connectivity index (χ2n) is 9.03. The van der Waals surface area contributed by atoms with Crippen molar-refractivity contribution < 1.29 is 27.1 Å². The molecular formula is C24H24F4N4O2. The van der Waals surface area contributed by atoms with Gasteiger partial charge in [0, 0.05) is 50.6 Å². The molecule has 2 aromatic rings. The molecule has 0 bridgehead atoms. The molecule has 1 saturated carbocycles. The normalized spacial score (nSPS) is 23.4. The van der Waals surface area contributed by atoms with Gasteiger partial charge in [-0.15, -0.1) is 0 Å². The fourth-order valence-electron chi connectivity index (χ4n) is 4.57. The van der Waals surface area contributed by atoms with Crippen LogP contribution in [0.2, 0.25) is 0 Å². The Bertz CT molecular complexity index is 1090. The van der Waals surface area contributed by atoms with Crippen molar-refractivity contribution in [3.63, 3.8) is 0 Å². The van der Waals surface area contributed by atoms with Gasteiger partial charge in [-0.05, 0) is 36.6 Å². The average Bonchev–Trinajstić information content (AvgIpc) is 3.57. The third-order valence-electron chi connectivity index (χ3n) is 6.53. The van der Waals surface area contributed by atoms with E-state index >= 15 is 0 Å². The zero-order valence-electron chi connectivity index (χ0n) is 18.3. The molecular weight excluding hydrogens is 452 g/mol. The van der Waals surface area contributed by atoms with Gasteiger partial charge in [0.2, 0.25) is 11.8 Å². The largest absolute Gasteiger partial charge is 0.472 e. The Kier molecular flexibility index (Phi) is 6.01. The highest BCUT2D eigenvalue weighted by Crippen LogP contribution is 2.38. The van der Waals surface area contributed by atoms with Crippen molar-refractivity contribution >= 4 is 12.0 Å². The molecule has 1 aromatic heterocycles. The molecule has 1 amide bonds. The standard InChI is InChI=1S/C24H24F4N4O2/c25-20-5-1-15(9-19(20)24(26,27)28)2-6-23(33)32-8-7-31-14-18(10-17(31)13-32)34-22-12-29-21(11-30-22)16-3-4-16/h1-2,5-6,9,11-12,16-18H,3-4,7-8,10,13-14H2/b6-2+/t17-,18+/m0/s1. The van der Waals surface area contributed by atoms with Crippen molar-refractivity contribution in [2.24, 2.45) is 0 Å². The van der Waals surface area contributed by atoms with E-state index in [1.165, 1.54) is 18.2 Å². The number of aromatic nitrogens is 2. The summed E-state index contributed by atoms with van der Waals surface area (Å²) in [6, 6.07) is 2.81. The van der Waals surface area contributed by atoms with E-state index < -0.39 is 17.6 Å². The van der Waals surface area contributed by atoms with Gasteiger partial charge in [-0.3, -0.25) is 14.7 Å². The number of benzene rings is 1. The number of alkyl halides is 3. The lowest BCUT2D eigenvalue weighted by Crippen LogP contribution is -2.51. The van der Waals surface area contributed by atoms with Crippen molar-refractivity contribution in [2.75, 3.05) is 26.2 Å². The summed E-state index contributed by atoms with van der Waals surface area (Å²) in [7, 11) is 0. The number of amides is 1. The maximum absolute atomic E-state index is 13.5. The van der Waals surface area contributed by atoms with Crippen LogP contribution in [0.3, 0.4) is 0 Å². The highest BCUT2D eigenvalue weighted by atomic mass is 19.4. The van der Waals surface area contributed by atoms with Gasteiger partial charge in [0.25, 0.3) is 0 Å². The monoisotopic (exact) mass is 476 g/mol. The molecule has 2 atom stereocenters. The lowest BCUT2D eigenvalue weighted by Gasteiger charge is -2.36. The molecule has 6 nitrogen and oxygen atoms in total. The van der Waals surface area contributed by atoms with Crippen LogP contribution in [0.5, 0.6) is 5.88 Å². The molecule has 10 heteroatoms. The average molecular weight is 476 g/mol. The quantitative estimate of drug-likeness (QED) is 0.484. The molecule has 0 N–H and O–H groups in total. The SMILES string of the molecule is O=C(/C=C/c1ccc(F)c(C(F)(F)F)c1)N1CCN2C[C@H](Oc3cnc(C4CC4)cn3)C[C@H]2C1. The summed E-state index contributed by atoms with van der Waals surface area (Å²) in [6.07, 6.45) is 4.21. The first-order chi connectivity index (χ1) is 16.3. The number of carbonyl (C=O) groups is 1. The molecule has 2 saturated heterocycles. The summed E-state index contributed by atoms with van der Waals surface area (Å²) in [4.78, 5) is 25.4. The van der Waals surface area contributed by atoms with Crippen LogP contribution < -0.4 is 4.74 Å². The fraction of sp³-hybridized carbons (Fsp3) is 0.458. The zero-order chi connectivity index (χ0) is 23.9. The van der Waals surface area contributed by atoms with Crippen molar-refractivity contribution in [1.82, 2.24) is 19.8 Å². The van der Waals surface area contributed by atoms with E-state index in [0.717, 1.165) is 37.6 Å². The Morgan fingerprint density at radius 3 is 2.65 bits per heavy atom. The number of nitrogens with zero attached hydrogens (tertiary/aromatic N) is 4. The van der Waals surface area contributed by atoms with Gasteiger partial charge in [-0.25, -0.2) is 9.37 Å². The second kappa shape index (κ2) is 8.98. The molecule has 0 unspecified atom stereocenters. The lowest BCUT2D eigenvalue weighted by molar-refractivity contribution is -0.140. The maximum Gasteiger partial charge on any atom is 0.419 e. The summed E-state index contributed by atoms with van der Waals surface area (Å²) in [6.45, 7) is 2.45. The van der Waals surface area contributed by atoms with Crippen LogP contribution in [0.25, 0.3) is 6.08 Å². The summed E-state index contributed by atoms with van der Waals surface area (Å²) in [5.74, 6) is -0.588. The van der Waals surface area contributed by atoms with Crippen LogP contribution in [0.4, 0.5) is 17.6 Å². The number of rotatable bonds is 5. The van der Waals surface area contributed by atoms with Gasteiger partial charge in [-0.2, -0.15) is 13.2 Å². The Hall–Kier alpha value is -3.01. The van der Waals surface area contributed by atoms with Gasteiger partial charge in [0.05, 0.1) is 23.7 Å². The zero-order valence-corrected chi connectivity index (χ0v) is 18.3. The molecule has 3 heterocycles. The van der Waals surface area contributed by atoms with E-state index in [4.69, 9.17) is 4.74 Å². The number of halogens is 4. The Morgan fingerprint density at radius 1 is 1.12 bits per heavy atom. The second-order valence-corrected chi connectivity index (χ2v) is 9.03. The summed E-state index contributed by atoms with van der Waals surface area (Å²) >= 11 is 0. The highest BCUT2D eigenvalue weighted by molar-refractivity contribution is 5.91. The molecule has 180 valence electrons. The first-order valence-electron chi connectivity index (χ1n) is 11.3. The van der Waals surface area contributed by atoms with Gasteiger partial charge in [0.1, 0.15) is 11.9 Å². The molecule has 3 aliphatic rings. The smallest absolute Gasteiger partial charge is 0.419 e. The van der Waals surface area contributed by atoms with E-state index in [0.29, 0.717) is 37.5 Å². The van der Waals surface area contributed by atoms with E-state index in [9.17, 15) is 22.4 Å². The van der Waals surface area contributed by atoms with Gasteiger partial charge >= 0.3 is 6.18 Å². The number of fused-ring (bicyclic) bond motifs is 1. The molecule has 5 rings (SSSR count). The third kappa shape index (κ3) is 5.06. The molecule has 0 radical (unpaired) electrons. The van der Waals surface area contributed by atoms with Crippen LogP contribution in [-0.4, -0.2) is 64.0 Å². The van der Waals surface area contributed by atoms with Crippen molar-refractivity contribution in [2.45, 2.75) is 43.5 Å². The minimum atomic E-state index is -4.79. The van der Waals surface area contributed by atoms with Gasteiger partial charge in [-0.1, -0.05) is 6.07 Å². The van der Waals surface area contributed by atoms with Crippen LogP contribution in [0.1, 0.15) is 42.0 Å². The number of carbonyl (C=O) groups excluding carboxylic acids is 1. The highest BCUT2D eigenvalue weighted by Gasteiger charge is 2.38. The van der Waals surface area contributed by atoms with Crippen molar-refractivity contribution in [3.05, 3.63) is 59.3 Å². The van der Waals surface area contributed by atoms with E-state index in [1.54, 1.807) is 17.3 Å². The fourth-order valence-corrected chi connectivity index (χ4v) is 4.57. The van der Waals surface area contributed by atoms with Crippen molar-refractivity contribution in [1.29, 1.82) is 0 Å². The topological polar surface area (TPSA) is 58.6 Å². The number of hydrogen-bond donors (Lipinski definition) is 0. The Balaban J connectivity index is 1.16. The van der Waals surface area contributed by atoms with Gasteiger partial charge in [0.15, 0.2) is 0 Å². The number of ether oxygens (including phenoxy) is 1. The van der Waals surface area contributed by atoms with E-state index in [2.05, 4.69) is 14.9 Å². The molecule has 1 aromatic carbocycles. The van der Waals surface area contributed by atoms with E-state index in [-0.39, 0.29) is 23.6 Å². The minimum Gasteiger partial charge on any atom is -0.472 e. The lowest BCUT2D eigenvalue weighted by atomic mass is 10.1. The first kappa shape index (κ1) is 22.8. The predicted molar refractivity (Wildman–Crippen MR) is 115 cm³/mol. The van der Waals surface area contributed by atoms with Crippen LogP contribution in [0, 0.1) is 5.82 Å².